The summed E-state index contributed by atoms with van der Waals surface area (Å²) in [6, 6.07) is 9.73. The summed E-state index contributed by atoms with van der Waals surface area (Å²) < 4.78 is 0. The molecule has 0 unspecified atom stereocenters. The SMILES string of the molecule is CC(C)(C)c1csc(Cc2ccc(CNC3CC3)cc2)n1. The molecule has 1 aromatic heterocycles. The van der Waals surface area contributed by atoms with Gasteiger partial charge in [-0.2, -0.15) is 0 Å². The molecule has 0 spiro atoms. The highest BCUT2D eigenvalue weighted by Crippen LogP contribution is 2.25. The molecule has 1 aliphatic carbocycles. The summed E-state index contributed by atoms with van der Waals surface area (Å²) >= 11 is 1.77. The molecule has 1 aliphatic rings. The van der Waals surface area contributed by atoms with E-state index in [0.717, 1.165) is 19.0 Å². The van der Waals surface area contributed by atoms with E-state index in [9.17, 15) is 0 Å². The van der Waals surface area contributed by atoms with E-state index in [4.69, 9.17) is 4.98 Å². The van der Waals surface area contributed by atoms with Gasteiger partial charge < -0.3 is 5.32 Å². The molecule has 0 bridgehead atoms. The van der Waals surface area contributed by atoms with Gasteiger partial charge in [-0.05, 0) is 24.0 Å². The Morgan fingerprint density at radius 1 is 1.14 bits per heavy atom. The van der Waals surface area contributed by atoms with Crippen LogP contribution in [0.1, 0.15) is 55.4 Å². The van der Waals surface area contributed by atoms with Crippen LogP contribution in [0, 0.1) is 0 Å². The van der Waals surface area contributed by atoms with Crippen LogP contribution in [0.4, 0.5) is 0 Å². The number of aromatic nitrogens is 1. The molecule has 0 aliphatic heterocycles. The van der Waals surface area contributed by atoms with E-state index in [2.05, 4.69) is 55.7 Å². The standard InChI is InChI=1S/C18H24N2S/c1-18(2,3)16-12-21-17(20-16)10-13-4-6-14(7-5-13)11-19-15-8-9-15/h4-7,12,15,19H,8-11H2,1-3H3. The molecule has 1 N–H and O–H groups in total. The minimum absolute atomic E-state index is 0.146. The van der Waals surface area contributed by atoms with Crippen LogP contribution in [0.3, 0.4) is 0 Å². The third-order valence-corrected chi connectivity index (χ3v) is 4.72. The molecule has 3 rings (SSSR count). The lowest BCUT2D eigenvalue weighted by molar-refractivity contribution is 0.571. The fraction of sp³-hybridized carbons (Fsp3) is 0.500. The lowest BCUT2D eigenvalue weighted by Gasteiger charge is -2.14. The molecule has 3 heteroatoms. The van der Waals surface area contributed by atoms with Crippen molar-refractivity contribution in [3.63, 3.8) is 0 Å². The Hall–Kier alpha value is -1.19. The van der Waals surface area contributed by atoms with E-state index in [1.807, 2.05) is 0 Å². The van der Waals surface area contributed by atoms with Crippen molar-refractivity contribution in [3.05, 3.63) is 51.5 Å². The van der Waals surface area contributed by atoms with Gasteiger partial charge in [-0.15, -0.1) is 11.3 Å². The van der Waals surface area contributed by atoms with Crippen LogP contribution in [0.5, 0.6) is 0 Å². The normalized spacial score (nSPS) is 15.4. The summed E-state index contributed by atoms with van der Waals surface area (Å²) in [7, 11) is 0. The van der Waals surface area contributed by atoms with Gasteiger partial charge in [0.05, 0.1) is 10.7 Å². The largest absolute Gasteiger partial charge is 0.310 e. The van der Waals surface area contributed by atoms with Crippen molar-refractivity contribution in [1.29, 1.82) is 0 Å². The lowest BCUT2D eigenvalue weighted by atomic mass is 9.93. The van der Waals surface area contributed by atoms with Crippen LogP contribution >= 0.6 is 11.3 Å². The van der Waals surface area contributed by atoms with Crippen LogP contribution in [-0.4, -0.2) is 11.0 Å². The Labute approximate surface area is 131 Å². The van der Waals surface area contributed by atoms with Crippen molar-refractivity contribution >= 4 is 11.3 Å². The fourth-order valence-corrected chi connectivity index (χ4v) is 3.29. The molecule has 2 aromatic rings. The predicted molar refractivity (Wildman–Crippen MR) is 89.9 cm³/mol. The van der Waals surface area contributed by atoms with Gasteiger partial charge in [-0.1, -0.05) is 45.0 Å². The molecular weight excluding hydrogens is 276 g/mol. The first-order chi connectivity index (χ1) is 10.0. The monoisotopic (exact) mass is 300 g/mol. The van der Waals surface area contributed by atoms with Crippen molar-refractivity contribution in [1.82, 2.24) is 10.3 Å². The Kier molecular flexibility index (Phi) is 4.14. The van der Waals surface area contributed by atoms with Crippen LogP contribution in [0.15, 0.2) is 29.6 Å². The Bertz CT molecular complexity index is 588. The van der Waals surface area contributed by atoms with Gasteiger partial charge in [-0.25, -0.2) is 4.98 Å². The lowest BCUT2D eigenvalue weighted by Crippen LogP contribution is -2.15. The molecule has 21 heavy (non-hydrogen) atoms. The molecule has 0 amide bonds. The van der Waals surface area contributed by atoms with Gasteiger partial charge in [-0.3, -0.25) is 0 Å². The average Bonchev–Trinajstić information content (AvgIpc) is 3.14. The van der Waals surface area contributed by atoms with E-state index in [1.54, 1.807) is 11.3 Å². The first-order valence-corrected chi connectivity index (χ1v) is 8.65. The zero-order chi connectivity index (χ0) is 14.9. The minimum atomic E-state index is 0.146. The molecule has 1 saturated carbocycles. The average molecular weight is 300 g/mol. The maximum Gasteiger partial charge on any atom is 0.0972 e. The maximum absolute atomic E-state index is 4.77. The predicted octanol–water partition coefficient (Wildman–Crippen LogP) is 4.28. The summed E-state index contributed by atoms with van der Waals surface area (Å²) in [6.07, 6.45) is 3.63. The van der Waals surface area contributed by atoms with E-state index < -0.39 is 0 Å². The van der Waals surface area contributed by atoms with Crippen molar-refractivity contribution in [2.45, 2.75) is 58.0 Å². The van der Waals surface area contributed by atoms with E-state index in [1.165, 1.54) is 34.7 Å². The van der Waals surface area contributed by atoms with Gasteiger partial charge in [0.15, 0.2) is 0 Å². The van der Waals surface area contributed by atoms with Crippen molar-refractivity contribution in [2.24, 2.45) is 0 Å². The molecule has 2 nitrogen and oxygen atoms in total. The van der Waals surface area contributed by atoms with Crippen LogP contribution in [0.25, 0.3) is 0 Å². The highest BCUT2D eigenvalue weighted by Gasteiger charge is 2.20. The molecular formula is C18H24N2S. The topological polar surface area (TPSA) is 24.9 Å². The Balaban J connectivity index is 1.60. The summed E-state index contributed by atoms with van der Waals surface area (Å²) in [5, 5.41) is 6.96. The smallest absolute Gasteiger partial charge is 0.0972 e. The second-order valence-electron chi connectivity index (χ2n) is 7.02. The summed E-state index contributed by atoms with van der Waals surface area (Å²) in [6.45, 7) is 7.64. The molecule has 1 fully saturated rings. The number of benzene rings is 1. The van der Waals surface area contributed by atoms with E-state index >= 15 is 0 Å². The van der Waals surface area contributed by atoms with Crippen LogP contribution in [0.2, 0.25) is 0 Å². The second kappa shape index (κ2) is 5.90. The van der Waals surface area contributed by atoms with Crippen molar-refractivity contribution < 1.29 is 0 Å². The summed E-state index contributed by atoms with van der Waals surface area (Å²) in [5.41, 5.74) is 4.07. The Morgan fingerprint density at radius 2 is 1.81 bits per heavy atom. The van der Waals surface area contributed by atoms with E-state index in [0.29, 0.717) is 0 Å². The highest BCUT2D eigenvalue weighted by molar-refractivity contribution is 7.09. The summed E-state index contributed by atoms with van der Waals surface area (Å²) in [5.74, 6) is 0. The number of rotatable bonds is 5. The molecule has 112 valence electrons. The van der Waals surface area contributed by atoms with Crippen molar-refractivity contribution in [3.8, 4) is 0 Å². The van der Waals surface area contributed by atoms with Gasteiger partial charge in [0.25, 0.3) is 0 Å². The van der Waals surface area contributed by atoms with Gasteiger partial charge in [0.1, 0.15) is 0 Å². The van der Waals surface area contributed by atoms with E-state index in [-0.39, 0.29) is 5.41 Å². The number of nitrogens with zero attached hydrogens (tertiary/aromatic N) is 1. The number of hydrogen-bond acceptors (Lipinski definition) is 3. The van der Waals surface area contributed by atoms with Gasteiger partial charge in [0, 0.05) is 29.8 Å². The number of nitrogens with one attached hydrogen (secondary N) is 1. The molecule has 0 saturated heterocycles. The third-order valence-electron chi connectivity index (χ3n) is 3.87. The molecule has 1 aromatic carbocycles. The van der Waals surface area contributed by atoms with Crippen LogP contribution < -0.4 is 5.32 Å². The number of hydrogen-bond donors (Lipinski definition) is 1. The van der Waals surface area contributed by atoms with Gasteiger partial charge >= 0.3 is 0 Å². The maximum atomic E-state index is 4.77. The first-order valence-electron chi connectivity index (χ1n) is 7.77. The Morgan fingerprint density at radius 3 is 2.38 bits per heavy atom. The number of thiazole rings is 1. The van der Waals surface area contributed by atoms with Gasteiger partial charge in [0.2, 0.25) is 0 Å². The first kappa shape index (κ1) is 14.7. The fourth-order valence-electron chi connectivity index (χ4n) is 2.24. The zero-order valence-corrected chi connectivity index (χ0v) is 14.0. The zero-order valence-electron chi connectivity index (χ0n) is 13.1. The van der Waals surface area contributed by atoms with Crippen molar-refractivity contribution in [2.75, 3.05) is 0 Å². The van der Waals surface area contributed by atoms with Crippen LogP contribution in [-0.2, 0) is 18.4 Å². The molecule has 0 atom stereocenters. The molecule has 0 radical (unpaired) electrons. The quantitative estimate of drug-likeness (QED) is 0.891. The molecule has 1 heterocycles. The summed E-state index contributed by atoms with van der Waals surface area (Å²) in [4.78, 5) is 4.77. The minimum Gasteiger partial charge on any atom is -0.310 e. The highest BCUT2D eigenvalue weighted by atomic mass is 32.1. The second-order valence-corrected chi connectivity index (χ2v) is 7.97. The third kappa shape index (κ3) is 4.14.